The van der Waals surface area contributed by atoms with E-state index in [0.717, 1.165) is 4.90 Å². The van der Waals surface area contributed by atoms with Gasteiger partial charge in [-0.05, 0) is 29.2 Å². The number of rotatable bonds is 2. The zero-order valence-corrected chi connectivity index (χ0v) is 14.5. The number of aromatic nitrogens is 1. The van der Waals surface area contributed by atoms with E-state index in [1.54, 1.807) is 6.07 Å². The van der Waals surface area contributed by atoms with Crippen molar-refractivity contribution in [2.24, 2.45) is 0 Å². The molecule has 0 aliphatic heterocycles. The van der Waals surface area contributed by atoms with Crippen molar-refractivity contribution in [1.82, 2.24) is 4.98 Å². The Morgan fingerprint density at radius 1 is 0.950 bits per heavy atom. The molecule has 0 fully saturated rings. The summed E-state index contributed by atoms with van der Waals surface area (Å²) in [5, 5.41) is 1.79. The molecule has 20 heavy (non-hydrogen) atoms. The molecule has 0 amide bonds. The van der Waals surface area contributed by atoms with Gasteiger partial charge in [0, 0.05) is 4.90 Å². The first kappa shape index (κ1) is 16.0. The Morgan fingerprint density at radius 3 is 2.10 bits per heavy atom. The predicted molar refractivity (Wildman–Crippen MR) is 88.5 cm³/mol. The van der Waals surface area contributed by atoms with Crippen molar-refractivity contribution in [2.45, 2.75) is 36.1 Å². The highest BCUT2D eigenvalue weighted by Crippen LogP contribution is 2.36. The maximum atomic E-state index is 6.13. The molecule has 0 unspecified atom stereocenters. The summed E-state index contributed by atoms with van der Waals surface area (Å²) < 4.78 is 0. The van der Waals surface area contributed by atoms with Crippen LogP contribution in [-0.4, -0.2) is 4.98 Å². The minimum absolute atomic E-state index is 0.142. The van der Waals surface area contributed by atoms with Crippen LogP contribution in [0.4, 0.5) is 0 Å². The van der Waals surface area contributed by atoms with Crippen LogP contribution < -0.4 is 0 Å². The number of pyridine rings is 1. The lowest BCUT2D eigenvalue weighted by Gasteiger charge is -2.19. The van der Waals surface area contributed by atoms with Gasteiger partial charge in [-0.3, -0.25) is 0 Å². The zero-order chi connectivity index (χ0) is 14.9. The first-order valence-corrected chi connectivity index (χ1v) is 8.02. The molecule has 0 saturated heterocycles. The van der Waals surface area contributed by atoms with E-state index in [1.165, 1.54) is 17.3 Å². The molecule has 1 heterocycles. The monoisotopic (exact) mass is 345 g/mol. The molecule has 5 heteroatoms. The maximum Gasteiger partial charge on any atom is 0.149 e. The van der Waals surface area contributed by atoms with Gasteiger partial charge >= 0.3 is 0 Å². The zero-order valence-electron chi connectivity index (χ0n) is 11.4. The van der Waals surface area contributed by atoms with Crippen LogP contribution in [-0.2, 0) is 5.41 Å². The second kappa shape index (κ2) is 6.15. The SMILES string of the molecule is CC(C)(C)c1ccc(Sc2nc(Cl)c(Cl)cc2Cl)cc1. The lowest BCUT2D eigenvalue weighted by atomic mass is 9.87. The number of hydrogen-bond acceptors (Lipinski definition) is 2. The fourth-order valence-electron chi connectivity index (χ4n) is 1.63. The van der Waals surface area contributed by atoms with Crippen molar-refractivity contribution in [1.29, 1.82) is 0 Å². The second-order valence-electron chi connectivity index (χ2n) is 5.42. The summed E-state index contributed by atoms with van der Waals surface area (Å²) in [7, 11) is 0. The molecule has 0 saturated carbocycles. The molecule has 1 nitrogen and oxygen atoms in total. The van der Waals surface area contributed by atoms with Crippen LogP contribution in [0, 0.1) is 0 Å². The number of hydrogen-bond donors (Lipinski definition) is 0. The molecule has 0 bridgehead atoms. The molecule has 0 aliphatic carbocycles. The summed E-state index contributed by atoms with van der Waals surface area (Å²) in [5.74, 6) is 0. The van der Waals surface area contributed by atoms with Crippen LogP contribution in [0.15, 0.2) is 40.3 Å². The predicted octanol–water partition coefficient (Wildman–Crippen LogP) is 6.49. The molecule has 0 aliphatic rings. The Bertz CT molecular complexity index is 618. The van der Waals surface area contributed by atoms with Crippen LogP contribution in [0.3, 0.4) is 0 Å². The molecule has 0 N–H and O–H groups in total. The first-order chi connectivity index (χ1) is 9.27. The summed E-state index contributed by atoms with van der Waals surface area (Å²) in [5.41, 5.74) is 1.43. The van der Waals surface area contributed by atoms with Crippen molar-refractivity contribution in [3.8, 4) is 0 Å². The minimum atomic E-state index is 0.142. The van der Waals surface area contributed by atoms with Crippen molar-refractivity contribution in [3.05, 3.63) is 51.1 Å². The van der Waals surface area contributed by atoms with Gasteiger partial charge in [0.2, 0.25) is 0 Å². The molecule has 0 spiro atoms. The highest BCUT2D eigenvalue weighted by atomic mass is 35.5. The highest BCUT2D eigenvalue weighted by Gasteiger charge is 2.14. The van der Waals surface area contributed by atoms with Crippen LogP contribution in [0.1, 0.15) is 26.3 Å². The van der Waals surface area contributed by atoms with E-state index in [1.807, 2.05) is 0 Å². The standard InChI is InChI=1S/C15H14Cl3NS/c1-15(2,3)9-4-6-10(7-5-9)20-14-12(17)8-11(16)13(18)19-14/h4-8H,1-3H3. The Balaban J connectivity index is 2.25. The quantitative estimate of drug-likeness (QED) is 0.576. The average molecular weight is 347 g/mol. The van der Waals surface area contributed by atoms with Crippen molar-refractivity contribution in [2.75, 3.05) is 0 Å². The average Bonchev–Trinajstić information content (AvgIpc) is 2.35. The van der Waals surface area contributed by atoms with Crippen molar-refractivity contribution < 1.29 is 0 Å². The van der Waals surface area contributed by atoms with E-state index in [2.05, 4.69) is 50.0 Å². The van der Waals surface area contributed by atoms with E-state index in [9.17, 15) is 0 Å². The second-order valence-corrected chi connectivity index (χ2v) is 7.66. The van der Waals surface area contributed by atoms with Gasteiger partial charge < -0.3 is 0 Å². The van der Waals surface area contributed by atoms with E-state index in [-0.39, 0.29) is 10.6 Å². The summed E-state index contributed by atoms with van der Waals surface area (Å²) in [4.78, 5) is 5.26. The molecule has 0 radical (unpaired) electrons. The van der Waals surface area contributed by atoms with E-state index in [0.29, 0.717) is 15.1 Å². The van der Waals surface area contributed by atoms with Crippen LogP contribution in [0.5, 0.6) is 0 Å². The number of halogens is 3. The summed E-state index contributed by atoms with van der Waals surface area (Å²) >= 11 is 19.4. The molecule has 2 aromatic rings. The Hall–Kier alpha value is -0.410. The topological polar surface area (TPSA) is 12.9 Å². The molecule has 106 valence electrons. The lowest BCUT2D eigenvalue weighted by Crippen LogP contribution is -2.10. The minimum Gasteiger partial charge on any atom is -0.226 e. The maximum absolute atomic E-state index is 6.13. The Morgan fingerprint density at radius 2 is 1.55 bits per heavy atom. The van der Waals surface area contributed by atoms with Crippen LogP contribution >= 0.6 is 46.6 Å². The Labute approximate surface area is 138 Å². The largest absolute Gasteiger partial charge is 0.226 e. The van der Waals surface area contributed by atoms with Gasteiger partial charge in [0.05, 0.1) is 10.0 Å². The molecule has 1 aromatic heterocycles. The fourth-order valence-corrected chi connectivity index (χ4v) is 3.09. The lowest BCUT2D eigenvalue weighted by molar-refractivity contribution is 0.590. The van der Waals surface area contributed by atoms with Gasteiger partial charge in [-0.15, -0.1) is 0 Å². The summed E-state index contributed by atoms with van der Waals surface area (Å²) in [6.45, 7) is 6.56. The third kappa shape index (κ3) is 3.82. The van der Waals surface area contributed by atoms with Crippen molar-refractivity contribution >= 4 is 46.6 Å². The van der Waals surface area contributed by atoms with Gasteiger partial charge in [-0.2, -0.15) is 0 Å². The normalized spacial score (nSPS) is 11.7. The molecule has 2 rings (SSSR count). The summed E-state index contributed by atoms with van der Waals surface area (Å²) in [6.07, 6.45) is 0. The molecular weight excluding hydrogens is 333 g/mol. The molecular formula is C15H14Cl3NS. The van der Waals surface area contributed by atoms with E-state index in [4.69, 9.17) is 34.8 Å². The molecule has 1 aromatic carbocycles. The number of nitrogens with zero attached hydrogens (tertiary/aromatic N) is 1. The van der Waals surface area contributed by atoms with Crippen molar-refractivity contribution in [3.63, 3.8) is 0 Å². The third-order valence-electron chi connectivity index (χ3n) is 2.79. The van der Waals surface area contributed by atoms with Gasteiger partial charge in [-0.25, -0.2) is 4.98 Å². The van der Waals surface area contributed by atoms with Crippen LogP contribution in [0.2, 0.25) is 15.2 Å². The summed E-state index contributed by atoms with van der Waals surface area (Å²) in [6, 6.07) is 9.98. The number of benzene rings is 1. The third-order valence-corrected chi connectivity index (χ3v) is 4.87. The first-order valence-electron chi connectivity index (χ1n) is 6.07. The molecule has 0 atom stereocenters. The van der Waals surface area contributed by atoms with E-state index < -0.39 is 0 Å². The van der Waals surface area contributed by atoms with Gasteiger partial charge in [0.15, 0.2) is 0 Å². The van der Waals surface area contributed by atoms with Gasteiger partial charge in [0.25, 0.3) is 0 Å². The highest BCUT2D eigenvalue weighted by molar-refractivity contribution is 7.99. The van der Waals surface area contributed by atoms with Crippen LogP contribution in [0.25, 0.3) is 0 Å². The van der Waals surface area contributed by atoms with E-state index >= 15 is 0 Å². The van der Waals surface area contributed by atoms with Gasteiger partial charge in [0.1, 0.15) is 10.2 Å². The van der Waals surface area contributed by atoms with Gasteiger partial charge in [-0.1, -0.05) is 79.5 Å². The Kier molecular flexibility index (Phi) is 4.91. The fraction of sp³-hybridized carbons (Fsp3) is 0.267. The smallest absolute Gasteiger partial charge is 0.149 e.